The van der Waals surface area contributed by atoms with Gasteiger partial charge in [0, 0.05) is 18.9 Å². The van der Waals surface area contributed by atoms with E-state index in [1.54, 1.807) is 6.20 Å². The van der Waals surface area contributed by atoms with Crippen molar-refractivity contribution in [3.63, 3.8) is 0 Å². The van der Waals surface area contributed by atoms with Crippen LogP contribution in [0.15, 0.2) is 18.5 Å². The minimum atomic E-state index is -0.642. The molecule has 2 atom stereocenters. The van der Waals surface area contributed by atoms with Crippen molar-refractivity contribution in [3.8, 4) is 0 Å². The number of aromatic nitrogens is 2. The van der Waals surface area contributed by atoms with Gasteiger partial charge in [0.25, 0.3) is 0 Å². The Morgan fingerprint density at radius 1 is 1.69 bits per heavy atom. The third-order valence-electron chi connectivity index (χ3n) is 2.71. The molecule has 1 saturated heterocycles. The molecule has 0 spiro atoms. The fourth-order valence-corrected chi connectivity index (χ4v) is 1.81. The molecule has 1 aromatic rings. The van der Waals surface area contributed by atoms with E-state index in [1.807, 2.05) is 23.9 Å². The normalized spacial score (nSPS) is 34.8. The van der Waals surface area contributed by atoms with Crippen LogP contribution in [0.25, 0.3) is 0 Å². The molecule has 4 heteroatoms. The summed E-state index contributed by atoms with van der Waals surface area (Å²) in [6.07, 6.45) is 4.41. The fourth-order valence-electron chi connectivity index (χ4n) is 1.81. The van der Waals surface area contributed by atoms with Gasteiger partial charge in [0.15, 0.2) is 0 Å². The van der Waals surface area contributed by atoms with Crippen molar-refractivity contribution in [2.45, 2.75) is 25.0 Å². The smallest absolute Gasteiger partial charge is 0.0927 e. The van der Waals surface area contributed by atoms with Crippen LogP contribution >= 0.6 is 0 Å². The maximum atomic E-state index is 10.1. The highest BCUT2D eigenvalue weighted by atomic mass is 16.3. The van der Waals surface area contributed by atoms with E-state index in [0.717, 1.165) is 19.5 Å². The van der Waals surface area contributed by atoms with Gasteiger partial charge in [-0.1, -0.05) is 0 Å². The molecule has 0 aliphatic carbocycles. The summed E-state index contributed by atoms with van der Waals surface area (Å²) in [5.41, 5.74) is -0.642. The van der Waals surface area contributed by atoms with Gasteiger partial charge in [-0.25, -0.2) is 0 Å². The van der Waals surface area contributed by atoms with Gasteiger partial charge in [0.2, 0.25) is 0 Å². The van der Waals surface area contributed by atoms with Crippen LogP contribution in [0.5, 0.6) is 0 Å². The molecule has 0 amide bonds. The molecule has 0 aromatic carbocycles. The first-order valence-corrected chi connectivity index (χ1v) is 4.62. The molecule has 13 heavy (non-hydrogen) atoms. The largest absolute Gasteiger partial charge is 0.388 e. The van der Waals surface area contributed by atoms with E-state index in [-0.39, 0.29) is 6.04 Å². The minimum absolute atomic E-state index is 0.0521. The molecule has 72 valence electrons. The second-order valence-electron chi connectivity index (χ2n) is 3.81. The Kier molecular flexibility index (Phi) is 2.09. The Hall–Kier alpha value is -0.870. The quantitative estimate of drug-likeness (QED) is 0.649. The van der Waals surface area contributed by atoms with E-state index in [4.69, 9.17) is 0 Å². The average molecular weight is 181 g/mol. The topological polar surface area (TPSA) is 50.1 Å². The summed E-state index contributed by atoms with van der Waals surface area (Å²) in [5, 5.41) is 17.5. The van der Waals surface area contributed by atoms with Crippen molar-refractivity contribution in [2.75, 3.05) is 13.1 Å². The first kappa shape index (κ1) is 8.72. The zero-order valence-electron chi connectivity index (χ0n) is 7.77. The number of hydrogen-bond donors (Lipinski definition) is 2. The number of piperidine rings is 1. The predicted octanol–water partition coefficient (Wildman–Crippen LogP) is 0.168. The summed E-state index contributed by atoms with van der Waals surface area (Å²) in [7, 11) is 0. The van der Waals surface area contributed by atoms with Gasteiger partial charge in [-0.15, -0.1) is 0 Å². The van der Waals surface area contributed by atoms with E-state index in [9.17, 15) is 5.11 Å². The molecule has 1 fully saturated rings. The lowest BCUT2D eigenvalue weighted by atomic mass is 9.90. The monoisotopic (exact) mass is 181 g/mol. The van der Waals surface area contributed by atoms with E-state index in [1.165, 1.54) is 0 Å². The van der Waals surface area contributed by atoms with Crippen molar-refractivity contribution < 1.29 is 5.11 Å². The number of nitrogens with one attached hydrogen (secondary N) is 1. The van der Waals surface area contributed by atoms with Crippen LogP contribution in [0.2, 0.25) is 0 Å². The maximum Gasteiger partial charge on any atom is 0.0927 e. The lowest BCUT2D eigenvalue weighted by Gasteiger charge is -2.37. The van der Waals surface area contributed by atoms with Gasteiger partial charge in [-0.2, -0.15) is 5.10 Å². The molecule has 0 bridgehead atoms. The highest BCUT2D eigenvalue weighted by Crippen LogP contribution is 2.27. The van der Waals surface area contributed by atoms with Crippen LogP contribution in [0.1, 0.15) is 19.4 Å². The molecule has 2 heterocycles. The molecule has 0 radical (unpaired) electrons. The lowest BCUT2D eigenvalue weighted by molar-refractivity contribution is -0.0214. The van der Waals surface area contributed by atoms with Crippen molar-refractivity contribution >= 4 is 0 Å². The molecular formula is C9H15N3O. The summed E-state index contributed by atoms with van der Waals surface area (Å²) >= 11 is 0. The van der Waals surface area contributed by atoms with Crippen molar-refractivity contribution in [1.82, 2.24) is 15.1 Å². The number of nitrogens with zero attached hydrogens (tertiary/aromatic N) is 2. The Labute approximate surface area is 77.6 Å². The SMILES string of the molecule is C[C@@]1(O)CCNC[C@H]1n1cccn1. The second-order valence-corrected chi connectivity index (χ2v) is 3.81. The molecule has 4 nitrogen and oxygen atoms in total. The molecule has 0 unspecified atom stereocenters. The van der Waals surface area contributed by atoms with Gasteiger partial charge in [0.1, 0.15) is 0 Å². The molecule has 2 rings (SSSR count). The Morgan fingerprint density at radius 3 is 3.15 bits per heavy atom. The number of rotatable bonds is 1. The molecule has 0 saturated carbocycles. The second kappa shape index (κ2) is 3.12. The van der Waals surface area contributed by atoms with Crippen molar-refractivity contribution in [3.05, 3.63) is 18.5 Å². The molecule has 1 aliphatic heterocycles. The standard InChI is InChI=1S/C9H15N3O/c1-9(13)3-5-10-7-8(9)12-6-2-4-11-12/h2,4,6,8,10,13H,3,5,7H2,1H3/t8-,9-/m1/s1. The first-order valence-electron chi connectivity index (χ1n) is 4.62. The summed E-state index contributed by atoms with van der Waals surface area (Å²) in [6, 6.07) is 1.93. The fraction of sp³-hybridized carbons (Fsp3) is 0.667. The Bertz CT molecular complexity index is 268. The first-order chi connectivity index (χ1) is 6.20. The van der Waals surface area contributed by atoms with Gasteiger partial charge in [-0.05, 0) is 26.0 Å². The minimum Gasteiger partial charge on any atom is -0.388 e. The van der Waals surface area contributed by atoms with Crippen LogP contribution in [0.4, 0.5) is 0 Å². The lowest BCUT2D eigenvalue weighted by Crippen LogP contribution is -2.49. The van der Waals surface area contributed by atoms with Gasteiger partial charge in [-0.3, -0.25) is 4.68 Å². The third kappa shape index (κ3) is 1.59. The number of hydrogen-bond acceptors (Lipinski definition) is 3. The molecule has 1 aliphatic rings. The third-order valence-corrected chi connectivity index (χ3v) is 2.71. The summed E-state index contributed by atoms with van der Waals surface area (Å²) in [6.45, 7) is 3.54. The molecule has 2 N–H and O–H groups in total. The van der Waals surface area contributed by atoms with E-state index >= 15 is 0 Å². The van der Waals surface area contributed by atoms with Crippen molar-refractivity contribution in [2.24, 2.45) is 0 Å². The summed E-state index contributed by atoms with van der Waals surface area (Å²) in [4.78, 5) is 0. The number of aliphatic hydroxyl groups is 1. The van der Waals surface area contributed by atoms with E-state index < -0.39 is 5.60 Å². The highest BCUT2D eigenvalue weighted by molar-refractivity contribution is 4.94. The van der Waals surface area contributed by atoms with Crippen LogP contribution in [0.3, 0.4) is 0 Å². The zero-order valence-corrected chi connectivity index (χ0v) is 7.77. The van der Waals surface area contributed by atoms with Crippen LogP contribution < -0.4 is 5.32 Å². The zero-order chi connectivity index (χ0) is 9.31. The maximum absolute atomic E-state index is 10.1. The van der Waals surface area contributed by atoms with E-state index in [2.05, 4.69) is 10.4 Å². The van der Waals surface area contributed by atoms with Crippen LogP contribution in [-0.4, -0.2) is 33.6 Å². The van der Waals surface area contributed by atoms with Gasteiger partial charge in [0.05, 0.1) is 11.6 Å². The highest BCUT2D eigenvalue weighted by Gasteiger charge is 2.35. The molecular weight excluding hydrogens is 166 g/mol. The Balaban J connectivity index is 2.21. The van der Waals surface area contributed by atoms with E-state index in [0.29, 0.717) is 0 Å². The van der Waals surface area contributed by atoms with Crippen LogP contribution in [-0.2, 0) is 0 Å². The van der Waals surface area contributed by atoms with Crippen molar-refractivity contribution in [1.29, 1.82) is 0 Å². The van der Waals surface area contributed by atoms with Gasteiger partial charge < -0.3 is 10.4 Å². The summed E-state index contributed by atoms with van der Waals surface area (Å²) < 4.78 is 1.83. The van der Waals surface area contributed by atoms with Crippen LogP contribution in [0, 0.1) is 0 Å². The average Bonchev–Trinajstić information content (AvgIpc) is 2.55. The molecule has 1 aromatic heterocycles. The van der Waals surface area contributed by atoms with Gasteiger partial charge >= 0.3 is 0 Å². The summed E-state index contributed by atoms with van der Waals surface area (Å²) in [5.74, 6) is 0. The Morgan fingerprint density at radius 2 is 2.54 bits per heavy atom. The predicted molar refractivity (Wildman–Crippen MR) is 49.4 cm³/mol.